The van der Waals surface area contributed by atoms with Crippen molar-refractivity contribution in [1.82, 2.24) is 0 Å². The van der Waals surface area contributed by atoms with E-state index in [0.29, 0.717) is 45.6 Å². The number of aliphatic hydroxyl groups excluding tert-OH is 1. The van der Waals surface area contributed by atoms with Gasteiger partial charge in [-0.15, -0.1) is 0 Å². The van der Waals surface area contributed by atoms with E-state index in [1.54, 1.807) is 28.4 Å². The van der Waals surface area contributed by atoms with E-state index in [1.165, 1.54) is 0 Å². The summed E-state index contributed by atoms with van der Waals surface area (Å²) in [6.45, 7) is 4.33. The summed E-state index contributed by atoms with van der Waals surface area (Å²) in [5.41, 5.74) is 3.26. The Kier molecular flexibility index (Phi) is 5.32. The molecule has 7 nitrogen and oxygen atoms in total. The lowest BCUT2D eigenvalue weighted by Gasteiger charge is -2.33. The van der Waals surface area contributed by atoms with Crippen LogP contribution in [0.15, 0.2) is 12.1 Å². The van der Waals surface area contributed by atoms with Crippen LogP contribution < -0.4 is 28.4 Å². The van der Waals surface area contributed by atoms with Gasteiger partial charge in [0, 0.05) is 11.1 Å². The van der Waals surface area contributed by atoms with Crippen LogP contribution in [0.5, 0.6) is 34.5 Å². The molecule has 2 aliphatic rings. The SMILES string of the molecule is COc1cc2c(c(OC)c1OC)-c1c(cc3c(c1OC)OCO3)C[C@@H](C)[C@@H](C)[C@H]2O. The molecule has 0 saturated carbocycles. The Bertz CT molecular complexity index is 969. The van der Waals surface area contributed by atoms with Gasteiger partial charge in [-0.05, 0) is 41.5 Å². The normalized spacial score (nSPS) is 21.8. The Morgan fingerprint density at radius 1 is 0.867 bits per heavy atom. The number of hydrogen-bond acceptors (Lipinski definition) is 7. The highest BCUT2D eigenvalue weighted by atomic mass is 16.7. The van der Waals surface area contributed by atoms with Crippen LogP contribution >= 0.6 is 0 Å². The molecule has 0 fully saturated rings. The lowest BCUT2D eigenvalue weighted by molar-refractivity contribution is 0.0863. The Morgan fingerprint density at radius 2 is 1.57 bits per heavy atom. The van der Waals surface area contributed by atoms with Gasteiger partial charge < -0.3 is 33.5 Å². The highest BCUT2D eigenvalue weighted by molar-refractivity contribution is 5.88. The molecule has 2 aromatic rings. The molecule has 4 rings (SSSR count). The van der Waals surface area contributed by atoms with Crippen molar-refractivity contribution < 1.29 is 33.5 Å². The second-order valence-electron chi connectivity index (χ2n) is 7.77. The summed E-state index contributed by atoms with van der Waals surface area (Å²) in [4.78, 5) is 0. The molecule has 0 spiro atoms. The zero-order chi connectivity index (χ0) is 21.6. The van der Waals surface area contributed by atoms with Crippen molar-refractivity contribution >= 4 is 0 Å². The van der Waals surface area contributed by atoms with Crippen molar-refractivity contribution in [2.45, 2.75) is 26.4 Å². The van der Waals surface area contributed by atoms with Gasteiger partial charge >= 0.3 is 0 Å². The van der Waals surface area contributed by atoms with Crippen LogP contribution in [0.3, 0.4) is 0 Å². The first-order valence-corrected chi connectivity index (χ1v) is 9.97. The molecule has 7 heteroatoms. The third kappa shape index (κ3) is 2.91. The molecule has 2 aromatic carbocycles. The lowest BCUT2D eigenvalue weighted by Crippen LogP contribution is -2.22. The fourth-order valence-corrected chi connectivity index (χ4v) is 4.49. The van der Waals surface area contributed by atoms with E-state index in [-0.39, 0.29) is 18.6 Å². The zero-order valence-corrected chi connectivity index (χ0v) is 18.2. The summed E-state index contributed by atoms with van der Waals surface area (Å²) in [5.74, 6) is 3.40. The van der Waals surface area contributed by atoms with Crippen molar-refractivity contribution in [3.63, 3.8) is 0 Å². The van der Waals surface area contributed by atoms with Crippen LogP contribution in [0.25, 0.3) is 11.1 Å². The maximum absolute atomic E-state index is 11.3. The van der Waals surface area contributed by atoms with E-state index in [0.717, 1.165) is 17.5 Å². The Balaban J connectivity index is 2.16. The Labute approximate surface area is 176 Å². The van der Waals surface area contributed by atoms with Crippen LogP contribution in [0.4, 0.5) is 0 Å². The monoisotopic (exact) mass is 416 g/mol. The number of methoxy groups -OCH3 is 4. The molecule has 3 atom stereocenters. The minimum absolute atomic E-state index is 0.00359. The average molecular weight is 416 g/mol. The first-order valence-electron chi connectivity index (χ1n) is 9.97. The molecule has 0 saturated heterocycles. The van der Waals surface area contributed by atoms with Gasteiger partial charge in [-0.25, -0.2) is 0 Å². The standard InChI is InChI=1S/C23H28O7/c1-11-7-13-8-16-21(30-10-29-16)22(27-5)17(13)18-14(19(24)12(11)2)9-15(25-3)20(26-4)23(18)28-6/h8-9,11-12,19,24H,7,10H2,1-6H3/t11-,12-,19-/m1/s1. The number of benzene rings is 2. The van der Waals surface area contributed by atoms with Gasteiger partial charge in [-0.3, -0.25) is 0 Å². The smallest absolute Gasteiger partial charge is 0.231 e. The largest absolute Gasteiger partial charge is 0.493 e. The van der Waals surface area contributed by atoms with Crippen molar-refractivity contribution in [2.24, 2.45) is 11.8 Å². The van der Waals surface area contributed by atoms with Gasteiger partial charge in [0.1, 0.15) is 0 Å². The van der Waals surface area contributed by atoms with Crippen LogP contribution in [-0.4, -0.2) is 40.3 Å². The molecule has 0 amide bonds. The van der Waals surface area contributed by atoms with Crippen molar-refractivity contribution in [1.29, 1.82) is 0 Å². The molecule has 0 radical (unpaired) electrons. The second kappa shape index (κ2) is 7.80. The highest BCUT2D eigenvalue weighted by Gasteiger charge is 2.37. The molecule has 30 heavy (non-hydrogen) atoms. The third-order valence-corrected chi connectivity index (χ3v) is 6.27. The summed E-state index contributed by atoms with van der Waals surface area (Å²) in [6.07, 6.45) is 0.00399. The molecule has 1 N–H and O–H groups in total. The Hall–Kier alpha value is -2.80. The first-order chi connectivity index (χ1) is 14.5. The topological polar surface area (TPSA) is 75.6 Å². The second-order valence-corrected chi connectivity index (χ2v) is 7.77. The maximum Gasteiger partial charge on any atom is 0.231 e. The minimum atomic E-state index is -0.730. The summed E-state index contributed by atoms with van der Waals surface area (Å²) in [7, 11) is 6.31. The Morgan fingerprint density at radius 3 is 2.20 bits per heavy atom. The summed E-state index contributed by atoms with van der Waals surface area (Å²) < 4.78 is 34.2. The molecule has 0 bridgehead atoms. The molecule has 0 unspecified atom stereocenters. The highest BCUT2D eigenvalue weighted by Crippen LogP contribution is 2.57. The van der Waals surface area contributed by atoms with E-state index in [2.05, 4.69) is 13.8 Å². The molecular formula is C23H28O7. The van der Waals surface area contributed by atoms with E-state index in [4.69, 9.17) is 28.4 Å². The summed E-state index contributed by atoms with van der Waals surface area (Å²) in [6, 6.07) is 3.82. The fourth-order valence-electron chi connectivity index (χ4n) is 4.49. The fraction of sp³-hybridized carbons (Fsp3) is 0.478. The molecule has 0 aromatic heterocycles. The van der Waals surface area contributed by atoms with Crippen molar-refractivity contribution in [3.05, 3.63) is 23.3 Å². The zero-order valence-electron chi connectivity index (χ0n) is 18.2. The molecule has 1 aliphatic carbocycles. The predicted octanol–water partition coefficient (Wildman–Crippen LogP) is 3.98. The van der Waals surface area contributed by atoms with Gasteiger partial charge in [0.05, 0.1) is 34.5 Å². The van der Waals surface area contributed by atoms with Gasteiger partial charge in [0.2, 0.25) is 18.3 Å². The van der Waals surface area contributed by atoms with Crippen molar-refractivity contribution in [2.75, 3.05) is 35.2 Å². The molecule has 162 valence electrons. The van der Waals surface area contributed by atoms with E-state index in [9.17, 15) is 5.11 Å². The van der Waals surface area contributed by atoms with Gasteiger partial charge in [0.25, 0.3) is 0 Å². The number of rotatable bonds is 4. The number of ether oxygens (including phenoxy) is 6. The van der Waals surface area contributed by atoms with E-state index in [1.807, 2.05) is 12.1 Å². The van der Waals surface area contributed by atoms with Gasteiger partial charge in [0.15, 0.2) is 23.0 Å². The number of aliphatic hydroxyl groups is 1. The average Bonchev–Trinajstić information content (AvgIpc) is 3.23. The molecule has 1 aliphatic heterocycles. The maximum atomic E-state index is 11.3. The molecular weight excluding hydrogens is 388 g/mol. The van der Waals surface area contributed by atoms with Crippen molar-refractivity contribution in [3.8, 4) is 45.6 Å². The van der Waals surface area contributed by atoms with Crippen LogP contribution in [0.1, 0.15) is 31.1 Å². The van der Waals surface area contributed by atoms with Gasteiger partial charge in [-0.1, -0.05) is 13.8 Å². The minimum Gasteiger partial charge on any atom is -0.493 e. The van der Waals surface area contributed by atoms with E-state index < -0.39 is 6.10 Å². The van der Waals surface area contributed by atoms with Crippen LogP contribution in [0, 0.1) is 11.8 Å². The van der Waals surface area contributed by atoms with Gasteiger partial charge in [-0.2, -0.15) is 0 Å². The predicted molar refractivity (Wildman–Crippen MR) is 111 cm³/mol. The molecule has 1 heterocycles. The number of fused-ring (bicyclic) bond motifs is 4. The number of hydrogen-bond donors (Lipinski definition) is 1. The van der Waals surface area contributed by atoms with Crippen LogP contribution in [-0.2, 0) is 6.42 Å². The first kappa shape index (κ1) is 20.5. The third-order valence-electron chi connectivity index (χ3n) is 6.27. The summed E-state index contributed by atoms with van der Waals surface area (Å²) >= 11 is 0. The lowest BCUT2D eigenvalue weighted by atomic mass is 9.76. The van der Waals surface area contributed by atoms with E-state index >= 15 is 0 Å². The summed E-state index contributed by atoms with van der Waals surface area (Å²) in [5, 5.41) is 11.3. The van der Waals surface area contributed by atoms with Crippen LogP contribution in [0.2, 0.25) is 0 Å². The quantitative estimate of drug-likeness (QED) is 0.808.